The first-order valence-corrected chi connectivity index (χ1v) is 10.7. The predicted octanol–water partition coefficient (Wildman–Crippen LogP) is 2.13. The summed E-state index contributed by atoms with van der Waals surface area (Å²) in [5.41, 5.74) is 8.24. The molecule has 0 bridgehead atoms. The van der Waals surface area contributed by atoms with Gasteiger partial charge in [-0.1, -0.05) is 5.21 Å². The molecule has 0 aliphatic rings. The Morgan fingerprint density at radius 1 is 1.15 bits per heavy atom. The normalized spacial score (nSPS) is 11.1. The van der Waals surface area contributed by atoms with Crippen molar-refractivity contribution in [1.82, 2.24) is 34.7 Å². The molecule has 0 atom stereocenters. The van der Waals surface area contributed by atoms with Crippen molar-refractivity contribution in [3.05, 3.63) is 42.9 Å². The summed E-state index contributed by atoms with van der Waals surface area (Å²) in [6, 6.07) is 7.38. The van der Waals surface area contributed by atoms with E-state index in [0.717, 1.165) is 24.3 Å². The SMILES string of the molecule is NCCCn1cc(-n2nnc3cnc(Nc4ccc(OCCCCC(=O)O)cc4)nc32)cn1. The number of anilines is 2. The van der Waals surface area contributed by atoms with Crippen LogP contribution in [0.15, 0.2) is 42.9 Å². The number of aliphatic carboxylic acids is 1. The smallest absolute Gasteiger partial charge is 0.303 e. The third kappa shape index (κ3) is 5.80. The lowest BCUT2D eigenvalue weighted by atomic mass is 10.2. The topological polar surface area (TPSA) is 159 Å². The molecule has 0 spiro atoms. The van der Waals surface area contributed by atoms with E-state index in [1.807, 2.05) is 35.1 Å². The van der Waals surface area contributed by atoms with E-state index in [2.05, 4.69) is 30.7 Å². The summed E-state index contributed by atoms with van der Waals surface area (Å²) in [5, 5.41) is 24.5. The van der Waals surface area contributed by atoms with Gasteiger partial charge in [-0.3, -0.25) is 9.48 Å². The molecule has 4 N–H and O–H groups in total. The fourth-order valence-corrected chi connectivity index (χ4v) is 3.13. The largest absolute Gasteiger partial charge is 0.494 e. The number of unbranched alkanes of at least 4 members (excludes halogenated alkanes) is 1. The molecule has 0 radical (unpaired) electrons. The molecule has 1 aromatic carbocycles. The summed E-state index contributed by atoms with van der Waals surface area (Å²) in [6.07, 6.45) is 7.47. The molecule has 4 rings (SSSR count). The van der Waals surface area contributed by atoms with Crippen molar-refractivity contribution in [2.45, 2.75) is 32.2 Å². The molecule has 0 aliphatic carbocycles. The zero-order chi connectivity index (χ0) is 23.0. The minimum absolute atomic E-state index is 0.154. The third-order valence-electron chi connectivity index (χ3n) is 4.81. The van der Waals surface area contributed by atoms with E-state index < -0.39 is 5.97 Å². The Hall–Kier alpha value is -4.06. The number of carboxylic acids is 1. The van der Waals surface area contributed by atoms with E-state index in [0.29, 0.717) is 48.9 Å². The molecule has 33 heavy (non-hydrogen) atoms. The van der Waals surface area contributed by atoms with Crippen molar-refractivity contribution in [3.63, 3.8) is 0 Å². The van der Waals surface area contributed by atoms with E-state index in [1.165, 1.54) is 0 Å². The van der Waals surface area contributed by atoms with Crippen LogP contribution in [0.3, 0.4) is 0 Å². The molecule has 172 valence electrons. The fourth-order valence-electron chi connectivity index (χ4n) is 3.13. The number of fused-ring (bicyclic) bond motifs is 1. The molecule has 4 aromatic rings. The highest BCUT2D eigenvalue weighted by Crippen LogP contribution is 2.20. The molecule has 0 saturated heterocycles. The summed E-state index contributed by atoms with van der Waals surface area (Å²) in [7, 11) is 0. The molecule has 12 nitrogen and oxygen atoms in total. The van der Waals surface area contributed by atoms with Crippen LogP contribution in [0.2, 0.25) is 0 Å². The maximum Gasteiger partial charge on any atom is 0.303 e. The van der Waals surface area contributed by atoms with Gasteiger partial charge in [0.1, 0.15) is 11.4 Å². The molecule has 12 heteroatoms. The molecular weight excluding hydrogens is 426 g/mol. The van der Waals surface area contributed by atoms with Crippen molar-refractivity contribution in [1.29, 1.82) is 0 Å². The van der Waals surface area contributed by atoms with Crippen LogP contribution in [-0.2, 0) is 11.3 Å². The zero-order valence-corrected chi connectivity index (χ0v) is 18.0. The molecule has 3 aromatic heterocycles. The number of aryl methyl sites for hydroxylation is 1. The number of ether oxygens (including phenoxy) is 1. The van der Waals surface area contributed by atoms with Crippen LogP contribution in [0, 0.1) is 0 Å². The summed E-state index contributed by atoms with van der Waals surface area (Å²) in [5.74, 6) is 0.326. The lowest BCUT2D eigenvalue weighted by molar-refractivity contribution is -0.137. The molecule has 0 aliphatic heterocycles. The first-order valence-electron chi connectivity index (χ1n) is 10.7. The molecular formula is C21H25N9O3. The number of carbonyl (C=O) groups is 1. The summed E-state index contributed by atoms with van der Waals surface area (Å²) >= 11 is 0. The van der Waals surface area contributed by atoms with Crippen LogP contribution in [0.25, 0.3) is 16.9 Å². The second-order valence-electron chi connectivity index (χ2n) is 7.36. The Labute approximate surface area is 189 Å². The molecule has 0 amide bonds. The van der Waals surface area contributed by atoms with Crippen molar-refractivity contribution < 1.29 is 14.6 Å². The molecule has 0 saturated carbocycles. The number of benzene rings is 1. The van der Waals surface area contributed by atoms with Gasteiger partial charge in [0.25, 0.3) is 0 Å². The summed E-state index contributed by atoms with van der Waals surface area (Å²) in [4.78, 5) is 19.4. The quantitative estimate of drug-likeness (QED) is 0.272. The highest BCUT2D eigenvalue weighted by atomic mass is 16.5. The average Bonchev–Trinajstić information content (AvgIpc) is 3.45. The summed E-state index contributed by atoms with van der Waals surface area (Å²) < 4.78 is 9.08. The predicted molar refractivity (Wildman–Crippen MR) is 121 cm³/mol. The van der Waals surface area contributed by atoms with Gasteiger partial charge in [-0.05, 0) is 50.1 Å². The Morgan fingerprint density at radius 2 is 2.00 bits per heavy atom. The Balaban J connectivity index is 1.40. The number of nitrogens with one attached hydrogen (secondary N) is 1. The number of hydrogen-bond donors (Lipinski definition) is 3. The van der Waals surface area contributed by atoms with Gasteiger partial charge in [0, 0.05) is 18.7 Å². The second-order valence-corrected chi connectivity index (χ2v) is 7.36. The van der Waals surface area contributed by atoms with E-state index in [9.17, 15) is 4.79 Å². The van der Waals surface area contributed by atoms with E-state index in [-0.39, 0.29) is 6.42 Å². The van der Waals surface area contributed by atoms with Crippen molar-refractivity contribution in [3.8, 4) is 11.4 Å². The van der Waals surface area contributed by atoms with E-state index in [4.69, 9.17) is 15.6 Å². The van der Waals surface area contributed by atoms with Crippen molar-refractivity contribution in [2.75, 3.05) is 18.5 Å². The second kappa shape index (κ2) is 10.5. The van der Waals surface area contributed by atoms with Gasteiger partial charge in [-0.15, -0.1) is 5.10 Å². The maximum atomic E-state index is 10.5. The van der Waals surface area contributed by atoms with Gasteiger partial charge in [0.05, 0.1) is 25.2 Å². The first kappa shape index (κ1) is 22.1. The molecule has 0 fully saturated rings. The van der Waals surface area contributed by atoms with Crippen LogP contribution in [-0.4, -0.2) is 59.0 Å². The highest BCUT2D eigenvalue weighted by molar-refractivity contribution is 5.72. The fraction of sp³-hybridized carbons (Fsp3) is 0.333. The number of carboxylic acid groups (broad SMARTS) is 1. The van der Waals surface area contributed by atoms with Gasteiger partial charge < -0.3 is 20.9 Å². The Morgan fingerprint density at radius 3 is 2.79 bits per heavy atom. The minimum atomic E-state index is -0.790. The number of nitrogens with two attached hydrogens (primary N) is 1. The van der Waals surface area contributed by atoms with Crippen LogP contribution >= 0.6 is 0 Å². The lowest BCUT2D eigenvalue weighted by Gasteiger charge is -2.08. The highest BCUT2D eigenvalue weighted by Gasteiger charge is 2.12. The zero-order valence-electron chi connectivity index (χ0n) is 18.0. The monoisotopic (exact) mass is 451 g/mol. The van der Waals surface area contributed by atoms with Gasteiger partial charge in [-0.25, -0.2) is 4.98 Å². The number of aromatic nitrogens is 7. The number of nitrogens with zero attached hydrogens (tertiary/aromatic N) is 7. The lowest BCUT2D eigenvalue weighted by Crippen LogP contribution is -2.06. The molecule has 3 heterocycles. The number of hydrogen-bond acceptors (Lipinski definition) is 9. The van der Waals surface area contributed by atoms with Gasteiger partial charge in [0.15, 0.2) is 11.2 Å². The van der Waals surface area contributed by atoms with Crippen molar-refractivity contribution >= 4 is 28.8 Å². The van der Waals surface area contributed by atoms with Crippen LogP contribution in [0.5, 0.6) is 5.75 Å². The van der Waals surface area contributed by atoms with E-state index in [1.54, 1.807) is 17.1 Å². The van der Waals surface area contributed by atoms with Crippen molar-refractivity contribution in [2.24, 2.45) is 5.73 Å². The Bertz CT molecular complexity index is 1200. The molecule has 0 unspecified atom stereocenters. The summed E-state index contributed by atoms with van der Waals surface area (Å²) in [6.45, 7) is 1.80. The average molecular weight is 451 g/mol. The van der Waals surface area contributed by atoms with Crippen LogP contribution in [0.4, 0.5) is 11.6 Å². The van der Waals surface area contributed by atoms with Gasteiger partial charge in [-0.2, -0.15) is 14.8 Å². The van der Waals surface area contributed by atoms with Crippen LogP contribution in [0.1, 0.15) is 25.7 Å². The van der Waals surface area contributed by atoms with Crippen LogP contribution < -0.4 is 15.8 Å². The number of rotatable bonds is 12. The van der Waals surface area contributed by atoms with Gasteiger partial charge in [0.2, 0.25) is 5.95 Å². The third-order valence-corrected chi connectivity index (χ3v) is 4.81. The van der Waals surface area contributed by atoms with Gasteiger partial charge >= 0.3 is 5.97 Å². The minimum Gasteiger partial charge on any atom is -0.494 e. The maximum absolute atomic E-state index is 10.5. The standard InChI is InChI=1S/C21H25N9O3/c22-9-3-10-29-14-16(12-24-29)30-20-18(27-28-30)13-23-21(26-20)25-15-5-7-17(8-6-15)33-11-2-1-4-19(31)32/h5-8,12-14H,1-4,9-11,22H2,(H,31,32)(H,23,25,26). The van der Waals surface area contributed by atoms with E-state index >= 15 is 0 Å². The Kier molecular flexibility index (Phi) is 7.05. The first-order chi connectivity index (χ1) is 16.1.